The first-order valence-corrected chi connectivity index (χ1v) is 6.12. The first kappa shape index (κ1) is 13.7. The van der Waals surface area contributed by atoms with Crippen molar-refractivity contribution in [2.75, 3.05) is 18.0 Å². The molecule has 0 radical (unpaired) electrons. The Morgan fingerprint density at radius 3 is 3.06 bits per heavy atom. The molecule has 0 amide bonds. The molecule has 0 aliphatic heterocycles. The van der Waals surface area contributed by atoms with Crippen LogP contribution in [0.15, 0.2) is 16.3 Å². The van der Waals surface area contributed by atoms with Crippen molar-refractivity contribution in [1.82, 2.24) is 9.97 Å². The van der Waals surface area contributed by atoms with E-state index in [4.69, 9.17) is 10.9 Å². The minimum absolute atomic E-state index is 0.156. The molecule has 0 saturated carbocycles. The maximum atomic E-state index is 11.4. The van der Waals surface area contributed by atoms with Gasteiger partial charge in [0.15, 0.2) is 0 Å². The molecule has 0 unspecified atom stereocenters. The molecule has 0 spiro atoms. The molecule has 1 aromatic heterocycles. The fourth-order valence-electron chi connectivity index (χ4n) is 1.31. The number of aromatic amines is 1. The highest BCUT2D eigenvalue weighted by atomic mass is 127. The van der Waals surface area contributed by atoms with Crippen molar-refractivity contribution in [3.8, 4) is 0 Å². The Morgan fingerprint density at radius 1 is 1.76 bits per heavy atom. The summed E-state index contributed by atoms with van der Waals surface area (Å²) in [6, 6.07) is 0. The van der Waals surface area contributed by atoms with Crippen molar-refractivity contribution < 1.29 is 5.21 Å². The van der Waals surface area contributed by atoms with Gasteiger partial charge in [-0.1, -0.05) is 5.16 Å². The molecule has 0 atom stereocenters. The zero-order chi connectivity index (χ0) is 12.8. The van der Waals surface area contributed by atoms with Crippen LogP contribution in [0, 0.1) is 3.57 Å². The molecule has 17 heavy (non-hydrogen) atoms. The Balaban J connectivity index is 2.87. The largest absolute Gasteiger partial charge is 0.409 e. The molecule has 0 fully saturated rings. The lowest BCUT2D eigenvalue weighted by atomic mass is 10.3. The molecule has 0 aliphatic rings. The van der Waals surface area contributed by atoms with Gasteiger partial charge in [0.25, 0.3) is 5.56 Å². The minimum atomic E-state index is -0.169. The van der Waals surface area contributed by atoms with Crippen molar-refractivity contribution in [2.45, 2.75) is 13.3 Å². The number of anilines is 1. The van der Waals surface area contributed by atoms with E-state index in [2.05, 4.69) is 15.1 Å². The predicted molar refractivity (Wildman–Crippen MR) is 73.5 cm³/mol. The van der Waals surface area contributed by atoms with Gasteiger partial charge in [0.1, 0.15) is 15.2 Å². The number of nitrogens with zero attached hydrogens (tertiary/aromatic N) is 3. The van der Waals surface area contributed by atoms with Gasteiger partial charge in [0.05, 0.1) is 6.33 Å². The van der Waals surface area contributed by atoms with Crippen LogP contribution in [0.25, 0.3) is 0 Å². The van der Waals surface area contributed by atoms with Crippen molar-refractivity contribution >= 4 is 34.2 Å². The van der Waals surface area contributed by atoms with E-state index in [1.54, 1.807) is 0 Å². The van der Waals surface area contributed by atoms with Gasteiger partial charge in [-0.3, -0.25) is 4.79 Å². The smallest absolute Gasteiger partial charge is 0.266 e. The molecule has 4 N–H and O–H groups in total. The minimum Gasteiger partial charge on any atom is -0.409 e. The maximum absolute atomic E-state index is 11.4. The van der Waals surface area contributed by atoms with E-state index in [1.807, 2.05) is 34.4 Å². The lowest BCUT2D eigenvalue weighted by molar-refractivity contribution is 0.317. The number of aromatic nitrogens is 2. The Morgan fingerprint density at radius 2 is 2.47 bits per heavy atom. The SMILES string of the molecule is CCN(CCC(N)=NO)c1nc[nH]c(=O)c1I. The summed E-state index contributed by atoms with van der Waals surface area (Å²) in [6.07, 6.45) is 1.78. The van der Waals surface area contributed by atoms with Crippen molar-refractivity contribution in [2.24, 2.45) is 10.9 Å². The number of oxime groups is 1. The normalized spacial score (nSPS) is 11.5. The highest BCUT2D eigenvalue weighted by Crippen LogP contribution is 2.15. The molecular weight excluding hydrogens is 337 g/mol. The van der Waals surface area contributed by atoms with Gasteiger partial charge >= 0.3 is 0 Å². The number of hydrogen-bond acceptors (Lipinski definition) is 5. The zero-order valence-electron chi connectivity index (χ0n) is 9.35. The summed E-state index contributed by atoms with van der Waals surface area (Å²) >= 11 is 1.95. The van der Waals surface area contributed by atoms with Crippen LogP contribution < -0.4 is 16.2 Å². The van der Waals surface area contributed by atoms with Gasteiger partial charge in [0.2, 0.25) is 0 Å². The summed E-state index contributed by atoms with van der Waals surface area (Å²) in [7, 11) is 0. The van der Waals surface area contributed by atoms with Gasteiger partial charge in [-0.05, 0) is 29.5 Å². The Hall–Kier alpha value is -1.32. The second-order valence-corrected chi connectivity index (χ2v) is 4.37. The highest BCUT2D eigenvalue weighted by Gasteiger charge is 2.12. The number of nitrogens with one attached hydrogen (secondary N) is 1. The quantitative estimate of drug-likeness (QED) is 0.233. The summed E-state index contributed by atoms with van der Waals surface area (Å²) < 4.78 is 0.534. The highest BCUT2D eigenvalue weighted by molar-refractivity contribution is 14.1. The zero-order valence-corrected chi connectivity index (χ0v) is 11.5. The standard InChI is InChI=1S/C9H14IN5O2/c1-2-15(4-3-6(11)14-17)8-7(10)9(16)13-5-12-8/h5,17H,2-4H2,1H3,(H2,11,14)(H,12,13,16). The third-order valence-electron chi connectivity index (χ3n) is 2.23. The summed E-state index contributed by atoms with van der Waals surface area (Å²) in [6.45, 7) is 3.18. The van der Waals surface area contributed by atoms with Crippen LogP contribution in [0.2, 0.25) is 0 Å². The van der Waals surface area contributed by atoms with Crippen molar-refractivity contribution in [1.29, 1.82) is 0 Å². The summed E-state index contributed by atoms with van der Waals surface area (Å²) in [5.41, 5.74) is 5.24. The molecule has 1 heterocycles. The lowest BCUT2D eigenvalue weighted by Crippen LogP contribution is -2.31. The van der Waals surface area contributed by atoms with Crippen LogP contribution in [0.1, 0.15) is 13.3 Å². The molecular formula is C9H14IN5O2. The van der Waals surface area contributed by atoms with Crippen molar-refractivity contribution in [3.63, 3.8) is 0 Å². The number of hydrogen-bond donors (Lipinski definition) is 3. The van der Waals surface area contributed by atoms with Gasteiger partial charge in [-0.25, -0.2) is 4.98 Å². The topological polar surface area (TPSA) is 108 Å². The number of halogens is 1. The van der Waals surface area contributed by atoms with Crippen LogP contribution in [0.4, 0.5) is 5.82 Å². The van der Waals surface area contributed by atoms with E-state index >= 15 is 0 Å². The Kier molecular flexibility index (Phi) is 5.19. The predicted octanol–water partition coefficient (Wildman–Crippen LogP) is 0.337. The first-order chi connectivity index (χ1) is 8.10. The average molecular weight is 351 g/mol. The van der Waals surface area contributed by atoms with Gasteiger partial charge in [-0.2, -0.15) is 0 Å². The van der Waals surface area contributed by atoms with E-state index < -0.39 is 0 Å². The molecule has 0 saturated heterocycles. The van der Waals surface area contributed by atoms with Crippen LogP contribution in [0.3, 0.4) is 0 Å². The van der Waals surface area contributed by atoms with Crippen LogP contribution in [-0.2, 0) is 0 Å². The lowest BCUT2D eigenvalue weighted by Gasteiger charge is -2.22. The molecule has 8 heteroatoms. The van der Waals surface area contributed by atoms with Crippen molar-refractivity contribution in [3.05, 3.63) is 20.3 Å². The number of H-pyrrole nitrogens is 1. The second-order valence-electron chi connectivity index (χ2n) is 3.29. The van der Waals surface area contributed by atoms with Crippen LogP contribution in [0.5, 0.6) is 0 Å². The summed E-state index contributed by atoms with van der Waals surface area (Å²) in [5, 5.41) is 11.4. The fourth-order valence-corrected chi connectivity index (χ4v) is 1.94. The first-order valence-electron chi connectivity index (χ1n) is 5.04. The van der Waals surface area contributed by atoms with Gasteiger partial charge in [0, 0.05) is 19.5 Å². The summed E-state index contributed by atoms with van der Waals surface area (Å²) in [5.74, 6) is 0.769. The molecule has 7 nitrogen and oxygen atoms in total. The fraction of sp³-hybridized carbons (Fsp3) is 0.444. The van der Waals surface area contributed by atoms with Crippen LogP contribution in [-0.4, -0.2) is 34.1 Å². The monoisotopic (exact) mass is 351 g/mol. The van der Waals surface area contributed by atoms with E-state index in [0.29, 0.717) is 28.9 Å². The molecule has 94 valence electrons. The molecule has 0 aliphatic carbocycles. The number of nitrogens with two attached hydrogens (primary N) is 1. The summed E-state index contributed by atoms with van der Waals surface area (Å²) in [4.78, 5) is 20.0. The van der Waals surface area contributed by atoms with E-state index in [-0.39, 0.29) is 11.4 Å². The molecule has 1 rings (SSSR count). The van der Waals surface area contributed by atoms with E-state index in [0.717, 1.165) is 0 Å². The Bertz CT molecular complexity index is 459. The van der Waals surface area contributed by atoms with Crippen LogP contribution >= 0.6 is 22.6 Å². The van der Waals surface area contributed by atoms with E-state index in [1.165, 1.54) is 6.33 Å². The average Bonchev–Trinajstić information content (AvgIpc) is 2.34. The number of rotatable bonds is 5. The maximum Gasteiger partial charge on any atom is 0.266 e. The molecule has 1 aromatic rings. The third kappa shape index (κ3) is 3.58. The van der Waals surface area contributed by atoms with Gasteiger partial charge < -0.3 is 20.8 Å². The second kappa shape index (κ2) is 6.42. The van der Waals surface area contributed by atoms with E-state index in [9.17, 15) is 4.79 Å². The van der Waals surface area contributed by atoms with Gasteiger partial charge in [-0.15, -0.1) is 0 Å². The molecule has 0 bridgehead atoms. The Labute approximate surface area is 112 Å². The third-order valence-corrected chi connectivity index (χ3v) is 3.20. The molecule has 0 aromatic carbocycles. The number of amidine groups is 1.